The van der Waals surface area contributed by atoms with Crippen LogP contribution in [0.1, 0.15) is 38.7 Å². The van der Waals surface area contributed by atoms with E-state index in [1.807, 2.05) is 20.8 Å². The Morgan fingerprint density at radius 1 is 1.20 bits per heavy atom. The van der Waals surface area contributed by atoms with Gasteiger partial charge in [-0.3, -0.25) is 4.79 Å². The van der Waals surface area contributed by atoms with Crippen LogP contribution in [0.5, 0.6) is 5.75 Å². The molecule has 0 bridgehead atoms. The fraction of sp³-hybridized carbons (Fsp3) is 0.522. The molecule has 1 fully saturated rings. The lowest BCUT2D eigenvalue weighted by atomic mass is 10.2. The van der Waals surface area contributed by atoms with E-state index in [1.54, 1.807) is 13.0 Å². The topological polar surface area (TPSA) is 133 Å². The molecular weight excluding hydrogens is 472 g/mol. The molecule has 4 rings (SSSR count). The molecule has 0 amide bonds. The molecule has 2 aromatic heterocycles. The molecule has 0 unspecified atom stereocenters. The summed E-state index contributed by atoms with van der Waals surface area (Å²) in [5, 5.41) is 17.1. The molecule has 1 saturated heterocycles. The van der Waals surface area contributed by atoms with Gasteiger partial charge in [0.15, 0.2) is 11.3 Å². The molecule has 1 N–H and O–H groups in total. The SMILES string of the molecule is CCCc1nc(C)c2c(=O)[nH]c(-c3cc(S(=O)(=O)N4CC[N+]([O-])(CC)CC4)ccc3OCC)nn12. The second kappa shape index (κ2) is 9.69. The first-order chi connectivity index (χ1) is 16.6. The van der Waals surface area contributed by atoms with Gasteiger partial charge in [-0.2, -0.15) is 4.31 Å². The third-order valence-corrected chi connectivity index (χ3v) is 8.34. The molecule has 12 heteroatoms. The highest BCUT2D eigenvalue weighted by atomic mass is 32.2. The summed E-state index contributed by atoms with van der Waals surface area (Å²) in [6.07, 6.45) is 1.47. The maximum Gasteiger partial charge on any atom is 0.277 e. The van der Waals surface area contributed by atoms with Crippen LogP contribution in [0.2, 0.25) is 0 Å². The lowest BCUT2D eigenvalue weighted by molar-refractivity contribution is -0.882. The number of likely N-dealkylation sites (N-methyl/N-ethyl adjacent to an activating group) is 1. The number of ether oxygens (including phenoxy) is 1. The van der Waals surface area contributed by atoms with Crippen LogP contribution in [0.25, 0.3) is 16.9 Å². The first kappa shape index (κ1) is 25.3. The van der Waals surface area contributed by atoms with Crippen molar-refractivity contribution in [2.75, 3.05) is 39.3 Å². The summed E-state index contributed by atoms with van der Waals surface area (Å²) in [5.74, 6) is 1.26. The van der Waals surface area contributed by atoms with E-state index in [1.165, 1.54) is 21.0 Å². The van der Waals surface area contributed by atoms with Crippen LogP contribution >= 0.6 is 0 Å². The van der Waals surface area contributed by atoms with Crippen LogP contribution in [0.3, 0.4) is 0 Å². The van der Waals surface area contributed by atoms with Crippen molar-refractivity contribution in [1.29, 1.82) is 0 Å². The molecule has 1 aliphatic heterocycles. The number of imidazole rings is 1. The van der Waals surface area contributed by atoms with Crippen LogP contribution in [-0.4, -0.2) is 76.3 Å². The maximum atomic E-state index is 13.4. The van der Waals surface area contributed by atoms with Gasteiger partial charge in [0.1, 0.15) is 11.6 Å². The van der Waals surface area contributed by atoms with Crippen LogP contribution in [-0.2, 0) is 16.4 Å². The third kappa shape index (κ3) is 4.70. The monoisotopic (exact) mass is 504 g/mol. The summed E-state index contributed by atoms with van der Waals surface area (Å²) in [5.41, 5.74) is 0.945. The lowest BCUT2D eigenvalue weighted by Gasteiger charge is -2.47. The Hall–Kier alpha value is -2.80. The molecule has 0 atom stereocenters. The Kier molecular flexibility index (Phi) is 7.00. The average Bonchev–Trinajstić information content (AvgIpc) is 3.15. The van der Waals surface area contributed by atoms with E-state index in [4.69, 9.17) is 4.74 Å². The molecule has 1 aromatic carbocycles. The van der Waals surface area contributed by atoms with Crippen molar-refractivity contribution >= 4 is 15.5 Å². The number of aromatic amines is 1. The fourth-order valence-electron chi connectivity index (χ4n) is 4.40. The number of benzene rings is 1. The van der Waals surface area contributed by atoms with Crippen molar-refractivity contribution in [2.24, 2.45) is 0 Å². The summed E-state index contributed by atoms with van der Waals surface area (Å²) in [6.45, 7) is 8.90. The van der Waals surface area contributed by atoms with Gasteiger partial charge in [-0.15, -0.1) is 5.10 Å². The predicted octanol–water partition coefficient (Wildman–Crippen LogP) is 2.08. The summed E-state index contributed by atoms with van der Waals surface area (Å²) >= 11 is 0. The average molecular weight is 505 g/mol. The number of nitrogens with one attached hydrogen (secondary N) is 1. The number of quaternary nitrogens is 1. The molecule has 35 heavy (non-hydrogen) atoms. The second-order valence-electron chi connectivity index (χ2n) is 8.74. The highest BCUT2D eigenvalue weighted by Crippen LogP contribution is 2.32. The Morgan fingerprint density at radius 2 is 1.91 bits per heavy atom. The maximum absolute atomic E-state index is 13.4. The van der Waals surface area contributed by atoms with Crippen molar-refractivity contribution in [3.05, 3.63) is 45.3 Å². The number of fused-ring (bicyclic) bond motifs is 1. The summed E-state index contributed by atoms with van der Waals surface area (Å²) in [7, 11) is -3.86. The van der Waals surface area contributed by atoms with Gasteiger partial charge in [0, 0.05) is 6.42 Å². The number of hydrogen-bond acceptors (Lipinski definition) is 7. The largest absolute Gasteiger partial charge is 0.633 e. The van der Waals surface area contributed by atoms with Gasteiger partial charge in [0.2, 0.25) is 10.0 Å². The highest BCUT2D eigenvalue weighted by molar-refractivity contribution is 7.89. The summed E-state index contributed by atoms with van der Waals surface area (Å²) < 4.78 is 35.1. The van der Waals surface area contributed by atoms with Crippen LogP contribution in [0, 0.1) is 12.1 Å². The minimum atomic E-state index is -3.86. The van der Waals surface area contributed by atoms with E-state index in [-0.39, 0.29) is 42.5 Å². The molecule has 190 valence electrons. The molecule has 0 spiro atoms. The zero-order chi connectivity index (χ0) is 25.4. The van der Waals surface area contributed by atoms with E-state index < -0.39 is 14.7 Å². The molecule has 3 aromatic rings. The molecule has 3 heterocycles. The van der Waals surface area contributed by atoms with Crippen molar-refractivity contribution in [1.82, 2.24) is 23.9 Å². The number of sulfonamides is 1. The third-order valence-electron chi connectivity index (χ3n) is 6.45. The number of aromatic nitrogens is 4. The number of piperazine rings is 1. The number of nitrogens with zero attached hydrogens (tertiary/aromatic N) is 5. The molecule has 1 aliphatic rings. The van der Waals surface area contributed by atoms with Crippen LogP contribution < -0.4 is 10.3 Å². The zero-order valence-electron chi connectivity index (χ0n) is 20.6. The molecule has 11 nitrogen and oxygen atoms in total. The minimum Gasteiger partial charge on any atom is -0.633 e. The lowest BCUT2D eigenvalue weighted by Crippen LogP contribution is -2.57. The molecule has 0 aliphatic carbocycles. The Labute approximate surface area is 204 Å². The predicted molar refractivity (Wildman–Crippen MR) is 132 cm³/mol. The van der Waals surface area contributed by atoms with E-state index in [9.17, 15) is 18.4 Å². The molecular formula is C23H32N6O5S. The van der Waals surface area contributed by atoms with Gasteiger partial charge in [0.25, 0.3) is 5.56 Å². The van der Waals surface area contributed by atoms with Crippen molar-refractivity contribution in [3.63, 3.8) is 0 Å². The van der Waals surface area contributed by atoms with Gasteiger partial charge in [0.05, 0.1) is 55.5 Å². The van der Waals surface area contributed by atoms with Crippen LogP contribution in [0.15, 0.2) is 27.9 Å². The Morgan fingerprint density at radius 3 is 2.54 bits per heavy atom. The molecule has 0 radical (unpaired) electrons. The number of aryl methyl sites for hydroxylation is 2. The summed E-state index contributed by atoms with van der Waals surface area (Å²) in [4.78, 5) is 20.3. The van der Waals surface area contributed by atoms with Gasteiger partial charge < -0.3 is 19.6 Å². The quantitative estimate of drug-likeness (QED) is 0.367. The van der Waals surface area contributed by atoms with E-state index >= 15 is 0 Å². The van der Waals surface area contributed by atoms with E-state index in [2.05, 4.69) is 15.1 Å². The Balaban J connectivity index is 1.80. The first-order valence-corrected chi connectivity index (χ1v) is 13.4. The second-order valence-corrected chi connectivity index (χ2v) is 10.7. The van der Waals surface area contributed by atoms with Crippen LogP contribution in [0.4, 0.5) is 0 Å². The van der Waals surface area contributed by atoms with Gasteiger partial charge in [-0.1, -0.05) is 6.92 Å². The van der Waals surface area contributed by atoms with Gasteiger partial charge >= 0.3 is 0 Å². The van der Waals surface area contributed by atoms with E-state index in [0.29, 0.717) is 47.9 Å². The standard InChI is InChI=1S/C23H32N6O5S/c1-5-8-20-24-16(4)21-23(30)25-22(26-28(20)21)18-15-17(9-10-19(18)34-7-3)35(32,33)27-11-13-29(31,6-2)14-12-27/h9-10,15H,5-8,11-14H2,1-4H3,(H,25,26,30). The highest BCUT2D eigenvalue weighted by Gasteiger charge is 2.33. The van der Waals surface area contributed by atoms with Crippen molar-refractivity contribution in [3.8, 4) is 17.1 Å². The molecule has 0 saturated carbocycles. The van der Waals surface area contributed by atoms with Crippen molar-refractivity contribution in [2.45, 2.75) is 45.4 Å². The number of hydrogen-bond donors (Lipinski definition) is 1. The number of H-pyrrole nitrogens is 1. The number of rotatable bonds is 8. The summed E-state index contributed by atoms with van der Waals surface area (Å²) in [6, 6.07) is 4.53. The van der Waals surface area contributed by atoms with Gasteiger partial charge in [-0.25, -0.2) is 17.9 Å². The minimum absolute atomic E-state index is 0.0525. The normalized spacial score (nSPS) is 16.6. The van der Waals surface area contributed by atoms with Crippen molar-refractivity contribution < 1.29 is 17.8 Å². The fourth-order valence-corrected chi connectivity index (χ4v) is 5.84. The first-order valence-electron chi connectivity index (χ1n) is 12.0. The smallest absolute Gasteiger partial charge is 0.277 e. The Bertz CT molecular complexity index is 1390. The zero-order valence-corrected chi connectivity index (χ0v) is 21.4. The number of hydroxylamine groups is 3. The van der Waals surface area contributed by atoms with Gasteiger partial charge in [-0.05, 0) is 45.4 Å². The van der Waals surface area contributed by atoms with E-state index in [0.717, 1.165) is 6.42 Å².